The summed E-state index contributed by atoms with van der Waals surface area (Å²) in [5.74, 6) is -1.91. The van der Waals surface area contributed by atoms with Crippen molar-refractivity contribution in [1.29, 1.82) is 0 Å². The van der Waals surface area contributed by atoms with E-state index < -0.39 is 23.5 Å². The van der Waals surface area contributed by atoms with Gasteiger partial charge < -0.3 is 24.8 Å². The lowest BCUT2D eigenvalue weighted by atomic mass is 9.99. The molecule has 2 amide bonds. The normalized spacial score (nSPS) is 13.8. The molecule has 2 aromatic carbocycles. The smallest absolute Gasteiger partial charge is 0.360 e. The van der Waals surface area contributed by atoms with E-state index in [1.807, 2.05) is 22.7 Å². The van der Waals surface area contributed by atoms with Gasteiger partial charge in [0, 0.05) is 55.8 Å². The van der Waals surface area contributed by atoms with Crippen LogP contribution in [0.15, 0.2) is 67.3 Å². The number of aromatic amines is 1. The van der Waals surface area contributed by atoms with Crippen molar-refractivity contribution in [2.24, 2.45) is 0 Å². The lowest BCUT2D eigenvalue weighted by Gasteiger charge is -2.34. The number of H-pyrrole nitrogens is 1. The second kappa shape index (κ2) is 12.2. The molecule has 14 heteroatoms. The standard InChI is InChI=1S/C32H30F4N8O2/c1-19-10-27(33)26(11-20(19)5-6-24-17-37-30-28(4-3-7-44(24)30)40-23-15-38-39-16-23)31(46)41-22-12-21(32(34,35)36)13-25(14-22)43-9-8-42(2)29(45)18-43/h3-4,7,10-17,40H,5-6,8-9,18H2,1-2H3,(H,38,39)(H,41,46). The van der Waals surface area contributed by atoms with E-state index in [-0.39, 0.29) is 29.4 Å². The summed E-state index contributed by atoms with van der Waals surface area (Å²) in [6.07, 6.45) is 3.27. The fourth-order valence-corrected chi connectivity index (χ4v) is 5.45. The van der Waals surface area contributed by atoms with E-state index >= 15 is 4.39 Å². The molecule has 3 N–H and O–H groups in total. The average molecular weight is 635 g/mol. The zero-order chi connectivity index (χ0) is 32.6. The Labute approximate surface area is 261 Å². The number of amides is 2. The number of imidazole rings is 1. The van der Waals surface area contributed by atoms with Gasteiger partial charge in [0.05, 0.1) is 35.2 Å². The molecule has 238 valence electrons. The number of carbonyl (C=O) groups is 2. The lowest BCUT2D eigenvalue weighted by molar-refractivity contribution is -0.137. The molecule has 5 aromatic rings. The molecule has 0 radical (unpaired) electrons. The maximum absolute atomic E-state index is 15.1. The highest BCUT2D eigenvalue weighted by atomic mass is 19.4. The maximum Gasteiger partial charge on any atom is 0.416 e. The number of pyridine rings is 1. The number of piperazine rings is 1. The van der Waals surface area contributed by atoms with Crippen LogP contribution in [0.5, 0.6) is 0 Å². The number of carbonyl (C=O) groups excluding carboxylic acids is 2. The molecule has 1 aliphatic heterocycles. The predicted molar refractivity (Wildman–Crippen MR) is 165 cm³/mol. The number of hydrogen-bond acceptors (Lipinski definition) is 6. The van der Waals surface area contributed by atoms with Crippen LogP contribution in [-0.2, 0) is 23.8 Å². The minimum Gasteiger partial charge on any atom is -0.360 e. The Morgan fingerprint density at radius 1 is 1.07 bits per heavy atom. The summed E-state index contributed by atoms with van der Waals surface area (Å²) in [5.41, 5.74) is 3.18. The largest absolute Gasteiger partial charge is 0.416 e. The molecule has 0 spiro atoms. The summed E-state index contributed by atoms with van der Waals surface area (Å²) < 4.78 is 58.4. The Kier molecular flexibility index (Phi) is 8.11. The van der Waals surface area contributed by atoms with Crippen LogP contribution in [0.4, 0.5) is 40.3 Å². The van der Waals surface area contributed by atoms with E-state index in [2.05, 4.69) is 25.8 Å². The van der Waals surface area contributed by atoms with E-state index in [4.69, 9.17) is 0 Å². The number of rotatable bonds is 8. The zero-order valence-corrected chi connectivity index (χ0v) is 25.0. The Morgan fingerprint density at radius 2 is 1.89 bits per heavy atom. The summed E-state index contributed by atoms with van der Waals surface area (Å²) in [4.78, 5) is 33.1. The number of fused-ring (bicyclic) bond motifs is 1. The first-order valence-corrected chi connectivity index (χ1v) is 14.5. The third kappa shape index (κ3) is 6.36. The van der Waals surface area contributed by atoms with Gasteiger partial charge in [-0.3, -0.25) is 14.7 Å². The number of benzene rings is 2. The van der Waals surface area contributed by atoms with Crippen LogP contribution in [0.25, 0.3) is 5.65 Å². The lowest BCUT2D eigenvalue weighted by Crippen LogP contribution is -2.48. The molecule has 0 bridgehead atoms. The third-order valence-corrected chi connectivity index (χ3v) is 8.04. The Balaban J connectivity index is 1.22. The van der Waals surface area contributed by atoms with Crippen molar-refractivity contribution in [2.45, 2.75) is 25.9 Å². The number of alkyl halides is 3. The van der Waals surface area contributed by atoms with Gasteiger partial charge in [0.2, 0.25) is 5.91 Å². The highest BCUT2D eigenvalue weighted by Crippen LogP contribution is 2.35. The second-order valence-electron chi connectivity index (χ2n) is 11.2. The number of aryl methyl sites for hydroxylation is 3. The van der Waals surface area contributed by atoms with E-state index in [9.17, 15) is 22.8 Å². The summed E-state index contributed by atoms with van der Waals surface area (Å²) in [6.45, 7) is 2.29. The zero-order valence-electron chi connectivity index (χ0n) is 25.0. The summed E-state index contributed by atoms with van der Waals surface area (Å²) >= 11 is 0. The molecule has 0 saturated carbocycles. The maximum atomic E-state index is 15.1. The molecule has 0 atom stereocenters. The fraction of sp³-hybridized carbons (Fsp3) is 0.250. The van der Waals surface area contributed by atoms with Gasteiger partial charge in [0.25, 0.3) is 5.91 Å². The van der Waals surface area contributed by atoms with Crippen LogP contribution in [0.1, 0.15) is 32.7 Å². The number of likely N-dealkylation sites (N-methyl/N-ethyl adjacent to an activating group) is 1. The van der Waals surface area contributed by atoms with Crippen molar-refractivity contribution < 1.29 is 27.2 Å². The minimum atomic E-state index is -4.71. The van der Waals surface area contributed by atoms with Gasteiger partial charge in [-0.1, -0.05) is 0 Å². The Bertz CT molecular complexity index is 1920. The van der Waals surface area contributed by atoms with E-state index in [1.165, 1.54) is 28.0 Å². The minimum absolute atomic E-state index is 0.101. The quantitative estimate of drug-likeness (QED) is 0.192. The average Bonchev–Trinajstić information content (AvgIpc) is 3.68. The molecule has 1 saturated heterocycles. The summed E-state index contributed by atoms with van der Waals surface area (Å²) in [7, 11) is 1.62. The molecule has 10 nitrogen and oxygen atoms in total. The monoisotopic (exact) mass is 634 g/mol. The molecule has 46 heavy (non-hydrogen) atoms. The van der Waals surface area contributed by atoms with Gasteiger partial charge in [0.1, 0.15) is 5.82 Å². The fourth-order valence-electron chi connectivity index (χ4n) is 5.45. The van der Waals surface area contributed by atoms with Gasteiger partial charge in [-0.2, -0.15) is 18.3 Å². The molecule has 0 unspecified atom stereocenters. The second-order valence-corrected chi connectivity index (χ2v) is 11.2. The van der Waals surface area contributed by atoms with Gasteiger partial charge in [0.15, 0.2) is 5.65 Å². The van der Waals surface area contributed by atoms with Gasteiger partial charge in [-0.25, -0.2) is 9.37 Å². The third-order valence-electron chi connectivity index (χ3n) is 8.04. The number of anilines is 4. The van der Waals surface area contributed by atoms with Crippen molar-refractivity contribution in [1.82, 2.24) is 24.5 Å². The van der Waals surface area contributed by atoms with Crippen molar-refractivity contribution >= 4 is 40.2 Å². The Morgan fingerprint density at radius 3 is 2.63 bits per heavy atom. The topological polar surface area (TPSA) is 111 Å². The predicted octanol–water partition coefficient (Wildman–Crippen LogP) is 5.58. The van der Waals surface area contributed by atoms with Gasteiger partial charge in [-0.05, 0) is 73.4 Å². The van der Waals surface area contributed by atoms with Crippen molar-refractivity contribution in [2.75, 3.05) is 42.2 Å². The van der Waals surface area contributed by atoms with E-state index in [0.717, 1.165) is 29.2 Å². The summed E-state index contributed by atoms with van der Waals surface area (Å²) in [6, 6.07) is 9.56. The van der Waals surface area contributed by atoms with Crippen molar-refractivity contribution in [3.8, 4) is 0 Å². The number of nitrogens with zero attached hydrogens (tertiary/aromatic N) is 5. The van der Waals surface area contributed by atoms with Gasteiger partial charge in [-0.15, -0.1) is 0 Å². The molecule has 4 heterocycles. The molecule has 0 aliphatic carbocycles. The molecular formula is C32H30F4N8O2. The SMILES string of the molecule is Cc1cc(F)c(C(=O)Nc2cc(N3CCN(C)C(=O)C3)cc(C(F)(F)F)c2)cc1CCc1cnc2c(Nc3cn[nH]c3)cccn12. The molecule has 6 rings (SSSR count). The van der Waals surface area contributed by atoms with Crippen LogP contribution < -0.4 is 15.5 Å². The first-order valence-electron chi connectivity index (χ1n) is 14.5. The molecule has 1 aliphatic rings. The number of nitrogens with one attached hydrogen (secondary N) is 3. The van der Waals surface area contributed by atoms with Crippen LogP contribution >= 0.6 is 0 Å². The van der Waals surface area contributed by atoms with Crippen LogP contribution in [-0.4, -0.2) is 63.0 Å². The summed E-state index contributed by atoms with van der Waals surface area (Å²) in [5, 5.41) is 12.4. The molecule has 1 fully saturated rings. The highest BCUT2D eigenvalue weighted by molar-refractivity contribution is 6.05. The van der Waals surface area contributed by atoms with Crippen LogP contribution in [0, 0.1) is 12.7 Å². The number of halogens is 4. The highest BCUT2D eigenvalue weighted by Gasteiger charge is 2.33. The molecule has 3 aromatic heterocycles. The first kappa shape index (κ1) is 30.6. The van der Waals surface area contributed by atoms with E-state index in [1.54, 1.807) is 32.6 Å². The first-order chi connectivity index (χ1) is 22.0. The van der Waals surface area contributed by atoms with Crippen molar-refractivity contribution in [3.05, 3.63) is 101 Å². The van der Waals surface area contributed by atoms with Crippen LogP contribution in [0.3, 0.4) is 0 Å². The van der Waals surface area contributed by atoms with E-state index in [0.29, 0.717) is 42.7 Å². The Hall–Kier alpha value is -5.40. The van der Waals surface area contributed by atoms with Crippen LogP contribution in [0.2, 0.25) is 0 Å². The molecular weight excluding hydrogens is 604 g/mol. The number of hydrogen-bond donors (Lipinski definition) is 3. The number of aromatic nitrogens is 4. The van der Waals surface area contributed by atoms with Gasteiger partial charge >= 0.3 is 6.18 Å². The van der Waals surface area contributed by atoms with Crippen molar-refractivity contribution in [3.63, 3.8) is 0 Å².